The summed E-state index contributed by atoms with van der Waals surface area (Å²) in [6.45, 7) is 0. The van der Waals surface area contributed by atoms with Crippen LogP contribution in [0.2, 0.25) is 0 Å². The largest absolute Gasteiger partial charge is 0.497 e. The molecule has 1 aliphatic carbocycles. The van der Waals surface area contributed by atoms with Gasteiger partial charge in [0.1, 0.15) is 5.75 Å². The molecule has 1 aromatic carbocycles. The van der Waals surface area contributed by atoms with E-state index in [1.165, 1.54) is 16.0 Å². The number of halogens is 1. The van der Waals surface area contributed by atoms with Crippen LogP contribution in [-0.2, 0) is 12.8 Å². The molecule has 0 saturated heterocycles. The number of rotatable bonds is 1. The molecule has 0 fully saturated rings. The van der Waals surface area contributed by atoms with Crippen LogP contribution in [0.25, 0.3) is 11.3 Å². The number of methoxy groups -OCH3 is 1. The summed E-state index contributed by atoms with van der Waals surface area (Å²) in [6.07, 6.45) is 2.07. The van der Waals surface area contributed by atoms with E-state index in [-0.39, 0.29) is 24.0 Å². The Morgan fingerprint density at radius 2 is 2.18 bits per heavy atom. The standard InChI is InChI=1S/C12H12N2OS.HI/c1-15-8-3-4-9-7(6-8)2-5-10-11(9)14-12(13)16-10;/h3-4,6H,2,5H2,1H3,(H2,13,14);1H. The second-order valence-corrected chi connectivity index (χ2v) is 4.96. The molecule has 0 saturated carbocycles. The number of nitrogen functional groups attached to an aromatic ring is 1. The predicted molar refractivity (Wildman–Crippen MR) is 81.3 cm³/mol. The maximum Gasteiger partial charge on any atom is 0.180 e. The number of ether oxygens (including phenoxy) is 1. The van der Waals surface area contributed by atoms with Crippen molar-refractivity contribution in [2.45, 2.75) is 12.8 Å². The number of benzene rings is 1. The van der Waals surface area contributed by atoms with E-state index in [0.717, 1.165) is 24.3 Å². The van der Waals surface area contributed by atoms with Crippen molar-refractivity contribution in [1.29, 1.82) is 0 Å². The van der Waals surface area contributed by atoms with Gasteiger partial charge in [0.25, 0.3) is 0 Å². The minimum atomic E-state index is 0. The molecule has 90 valence electrons. The molecule has 0 bridgehead atoms. The van der Waals surface area contributed by atoms with Gasteiger partial charge in [0.15, 0.2) is 5.13 Å². The fraction of sp³-hybridized carbons (Fsp3) is 0.250. The average molecular weight is 360 g/mol. The first kappa shape index (κ1) is 12.6. The predicted octanol–water partition coefficient (Wildman–Crippen LogP) is 3.12. The van der Waals surface area contributed by atoms with E-state index in [1.54, 1.807) is 18.4 Å². The summed E-state index contributed by atoms with van der Waals surface area (Å²) in [4.78, 5) is 5.70. The monoisotopic (exact) mass is 360 g/mol. The Hall–Kier alpha value is -0.820. The van der Waals surface area contributed by atoms with Crippen molar-refractivity contribution >= 4 is 40.4 Å². The van der Waals surface area contributed by atoms with Crippen molar-refractivity contribution < 1.29 is 4.74 Å². The molecule has 2 N–H and O–H groups in total. The molecule has 0 atom stereocenters. The van der Waals surface area contributed by atoms with E-state index < -0.39 is 0 Å². The van der Waals surface area contributed by atoms with E-state index in [9.17, 15) is 0 Å². The zero-order valence-corrected chi connectivity index (χ0v) is 12.5. The molecule has 1 aliphatic rings. The average Bonchev–Trinajstić information content (AvgIpc) is 2.69. The van der Waals surface area contributed by atoms with Gasteiger partial charge in [-0.2, -0.15) is 0 Å². The summed E-state index contributed by atoms with van der Waals surface area (Å²) in [6, 6.07) is 6.14. The van der Waals surface area contributed by atoms with Gasteiger partial charge in [-0.1, -0.05) is 0 Å². The van der Waals surface area contributed by atoms with Gasteiger partial charge in [0.2, 0.25) is 0 Å². The third kappa shape index (κ3) is 2.13. The maximum atomic E-state index is 5.75. The first-order valence-corrected chi connectivity index (χ1v) is 6.02. The highest BCUT2D eigenvalue weighted by molar-refractivity contribution is 14.0. The highest BCUT2D eigenvalue weighted by Crippen LogP contribution is 2.38. The van der Waals surface area contributed by atoms with Gasteiger partial charge >= 0.3 is 0 Å². The Balaban J connectivity index is 0.00000108. The van der Waals surface area contributed by atoms with Crippen LogP contribution in [-0.4, -0.2) is 12.1 Å². The normalized spacial score (nSPS) is 12.3. The van der Waals surface area contributed by atoms with Crippen LogP contribution in [0.5, 0.6) is 5.75 Å². The van der Waals surface area contributed by atoms with Crippen LogP contribution >= 0.6 is 35.3 Å². The number of nitrogens with two attached hydrogens (primary N) is 1. The summed E-state index contributed by atoms with van der Waals surface area (Å²) in [5.74, 6) is 0.908. The molecule has 5 heteroatoms. The second kappa shape index (κ2) is 4.81. The van der Waals surface area contributed by atoms with E-state index in [0.29, 0.717) is 5.13 Å². The lowest BCUT2D eigenvalue weighted by molar-refractivity contribution is 0.414. The summed E-state index contributed by atoms with van der Waals surface area (Å²) >= 11 is 1.60. The Morgan fingerprint density at radius 3 is 2.94 bits per heavy atom. The molecule has 0 spiro atoms. The minimum Gasteiger partial charge on any atom is -0.497 e. The summed E-state index contributed by atoms with van der Waals surface area (Å²) < 4.78 is 5.23. The van der Waals surface area contributed by atoms with E-state index in [4.69, 9.17) is 10.5 Å². The first-order valence-electron chi connectivity index (χ1n) is 5.20. The molecule has 0 aliphatic heterocycles. The molecule has 1 heterocycles. The SMILES string of the molecule is COc1ccc2c(c1)CCc1sc(N)nc1-2.I. The lowest BCUT2D eigenvalue weighted by Gasteiger charge is -2.15. The molecule has 3 nitrogen and oxygen atoms in total. The van der Waals surface area contributed by atoms with E-state index in [2.05, 4.69) is 17.1 Å². The lowest BCUT2D eigenvalue weighted by Crippen LogP contribution is -2.02. The molecule has 2 aromatic rings. The second-order valence-electron chi connectivity index (χ2n) is 3.85. The lowest BCUT2D eigenvalue weighted by atomic mass is 9.93. The molecular weight excluding hydrogens is 347 g/mol. The van der Waals surface area contributed by atoms with Crippen molar-refractivity contribution in [1.82, 2.24) is 4.98 Å². The molecule has 1 aromatic heterocycles. The topological polar surface area (TPSA) is 48.1 Å². The van der Waals surface area contributed by atoms with Gasteiger partial charge in [0.05, 0.1) is 12.8 Å². The number of anilines is 1. The summed E-state index contributed by atoms with van der Waals surface area (Å²) in [5.41, 5.74) is 9.32. The van der Waals surface area contributed by atoms with Crippen LogP contribution in [0.3, 0.4) is 0 Å². The van der Waals surface area contributed by atoms with Gasteiger partial charge in [-0.25, -0.2) is 4.98 Å². The van der Waals surface area contributed by atoms with Gasteiger partial charge in [-0.15, -0.1) is 35.3 Å². The van der Waals surface area contributed by atoms with Crippen molar-refractivity contribution in [2.75, 3.05) is 12.8 Å². The van der Waals surface area contributed by atoms with Gasteiger partial charge in [0, 0.05) is 10.4 Å². The first-order chi connectivity index (χ1) is 7.78. The van der Waals surface area contributed by atoms with Crippen LogP contribution in [0, 0.1) is 0 Å². The number of nitrogens with zero attached hydrogens (tertiary/aromatic N) is 1. The quantitative estimate of drug-likeness (QED) is 0.795. The fourth-order valence-corrected chi connectivity index (χ4v) is 2.98. The van der Waals surface area contributed by atoms with Crippen molar-refractivity contribution in [3.8, 4) is 17.0 Å². The van der Waals surface area contributed by atoms with Crippen molar-refractivity contribution in [3.05, 3.63) is 28.6 Å². The maximum absolute atomic E-state index is 5.75. The minimum absolute atomic E-state index is 0. The number of fused-ring (bicyclic) bond motifs is 3. The number of thiazole rings is 1. The molecule has 0 radical (unpaired) electrons. The number of hydrogen-bond donors (Lipinski definition) is 1. The third-order valence-corrected chi connectivity index (χ3v) is 3.85. The zero-order chi connectivity index (χ0) is 11.1. The zero-order valence-electron chi connectivity index (χ0n) is 9.40. The third-order valence-electron chi connectivity index (χ3n) is 2.90. The molecule has 0 amide bonds. The summed E-state index contributed by atoms with van der Waals surface area (Å²) in [5, 5.41) is 0.661. The Labute approximate surface area is 121 Å². The smallest absolute Gasteiger partial charge is 0.180 e. The van der Waals surface area contributed by atoms with Crippen molar-refractivity contribution in [3.63, 3.8) is 0 Å². The van der Waals surface area contributed by atoms with Crippen LogP contribution in [0.4, 0.5) is 5.13 Å². The number of aromatic nitrogens is 1. The van der Waals surface area contributed by atoms with E-state index >= 15 is 0 Å². The Morgan fingerprint density at radius 1 is 1.35 bits per heavy atom. The van der Waals surface area contributed by atoms with Gasteiger partial charge in [-0.05, 0) is 36.6 Å². The Bertz CT molecular complexity index is 553. The van der Waals surface area contributed by atoms with Crippen LogP contribution in [0.15, 0.2) is 18.2 Å². The highest BCUT2D eigenvalue weighted by atomic mass is 127. The molecule has 17 heavy (non-hydrogen) atoms. The fourth-order valence-electron chi connectivity index (χ4n) is 2.13. The van der Waals surface area contributed by atoms with Crippen LogP contribution < -0.4 is 10.5 Å². The number of aryl methyl sites for hydroxylation is 2. The molecule has 3 rings (SSSR count). The highest BCUT2D eigenvalue weighted by Gasteiger charge is 2.20. The molecular formula is C12H13IN2OS. The van der Waals surface area contributed by atoms with Crippen molar-refractivity contribution in [2.24, 2.45) is 0 Å². The summed E-state index contributed by atoms with van der Waals surface area (Å²) in [7, 11) is 1.69. The van der Waals surface area contributed by atoms with E-state index in [1.807, 2.05) is 6.07 Å². The van der Waals surface area contributed by atoms with Gasteiger partial charge in [-0.3, -0.25) is 0 Å². The Kier molecular flexibility index (Phi) is 3.58. The molecule has 0 unspecified atom stereocenters. The number of hydrogen-bond acceptors (Lipinski definition) is 4. The van der Waals surface area contributed by atoms with Crippen LogP contribution in [0.1, 0.15) is 10.4 Å². The van der Waals surface area contributed by atoms with Gasteiger partial charge < -0.3 is 10.5 Å².